The van der Waals surface area contributed by atoms with Crippen LogP contribution in [0.3, 0.4) is 0 Å². The average molecular weight is 344 g/mol. The number of aryl methyl sites for hydroxylation is 1. The molecule has 0 unspecified atom stereocenters. The predicted octanol–water partition coefficient (Wildman–Crippen LogP) is 0.872. The summed E-state index contributed by atoms with van der Waals surface area (Å²) in [6.45, 7) is 3.80. The molecule has 7 nitrogen and oxygen atoms in total. The van der Waals surface area contributed by atoms with Crippen molar-refractivity contribution in [3.8, 4) is 0 Å². The van der Waals surface area contributed by atoms with Crippen LogP contribution in [-0.2, 0) is 17.8 Å². The van der Waals surface area contributed by atoms with E-state index in [2.05, 4.69) is 10.1 Å². The Morgan fingerprint density at radius 2 is 2.16 bits per heavy atom. The second kappa shape index (κ2) is 7.76. The van der Waals surface area contributed by atoms with Crippen LogP contribution in [0.2, 0.25) is 0 Å². The quantitative estimate of drug-likeness (QED) is 0.837. The number of amides is 1. The van der Waals surface area contributed by atoms with E-state index >= 15 is 0 Å². The Morgan fingerprint density at radius 3 is 2.84 bits per heavy atom. The van der Waals surface area contributed by atoms with Gasteiger partial charge in [-0.05, 0) is 31.7 Å². The summed E-state index contributed by atoms with van der Waals surface area (Å²) in [6.07, 6.45) is 3.56. The van der Waals surface area contributed by atoms with Crippen molar-refractivity contribution in [2.75, 3.05) is 26.7 Å². The molecule has 0 aromatic carbocycles. The molecule has 134 valence electrons. The Labute approximate surface area is 147 Å². The maximum Gasteiger partial charge on any atom is 0.236 e. The van der Waals surface area contributed by atoms with E-state index in [0.717, 1.165) is 17.0 Å². The van der Waals surface area contributed by atoms with Crippen LogP contribution in [0.1, 0.15) is 17.0 Å². The number of hydrogen-bond donors (Lipinski definition) is 1. The van der Waals surface area contributed by atoms with Crippen molar-refractivity contribution < 1.29 is 14.4 Å². The predicted molar refractivity (Wildman–Crippen MR) is 91.6 cm³/mol. The van der Waals surface area contributed by atoms with E-state index in [-0.39, 0.29) is 11.8 Å². The standard InChI is InChI=1S/C18H24N4O3/c1-13-7-16(25-20-13)8-15-10-22(11-17(15)23)18(24)12-21(2)9-14-3-5-19-6-4-14/h3-7,15,17,23H,8-12H2,1-2H3/t15-,17-/m1/s1. The highest BCUT2D eigenvalue weighted by atomic mass is 16.5. The van der Waals surface area contributed by atoms with E-state index in [1.54, 1.807) is 17.3 Å². The lowest BCUT2D eigenvalue weighted by atomic mass is 10.0. The molecule has 2 aromatic heterocycles. The molecule has 3 rings (SSSR count). The van der Waals surface area contributed by atoms with E-state index in [9.17, 15) is 9.90 Å². The normalized spacial score (nSPS) is 20.4. The van der Waals surface area contributed by atoms with Gasteiger partial charge in [0.15, 0.2) is 0 Å². The first-order chi connectivity index (χ1) is 12.0. The van der Waals surface area contributed by atoms with Crippen molar-refractivity contribution in [3.63, 3.8) is 0 Å². The van der Waals surface area contributed by atoms with Crippen LogP contribution in [0.5, 0.6) is 0 Å². The molecule has 0 spiro atoms. The summed E-state index contributed by atoms with van der Waals surface area (Å²) in [6, 6.07) is 5.76. The summed E-state index contributed by atoms with van der Waals surface area (Å²) >= 11 is 0. The summed E-state index contributed by atoms with van der Waals surface area (Å²) < 4.78 is 5.22. The SMILES string of the molecule is Cc1cc(C[C@@H]2CN(C(=O)CN(C)Cc3ccncc3)C[C@H]2O)on1. The van der Waals surface area contributed by atoms with Crippen LogP contribution in [0.15, 0.2) is 35.1 Å². The van der Waals surface area contributed by atoms with Crippen LogP contribution in [0.25, 0.3) is 0 Å². The Kier molecular flexibility index (Phi) is 5.45. The molecule has 2 atom stereocenters. The van der Waals surface area contributed by atoms with Crippen LogP contribution in [-0.4, -0.2) is 63.7 Å². The molecule has 1 amide bonds. The van der Waals surface area contributed by atoms with Gasteiger partial charge in [-0.3, -0.25) is 14.7 Å². The van der Waals surface area contributed by atoms with Crippen molar-refractivity contribution in [1.82, 2.24) is 19.9 Å². The lowest BCUT2D eigenvalue weighted by Gasteiger charge is -2.21. The van der Waals surface area contributed by atoms with Gasteiger partial charge in [-0.1, -0.05) is 5.16 Å². The van der Waals surface area contributed by atoms with Crippen molar-refractivity contribution in [1.29, 1.82) is 0 Å². The maximum absolute atomic E-state index is 12.5. The first kappa shape index (κ1) is 17.6. The number of β-amino-alcohol motifs (C(OH)–C–C–N with tert-alkyl or cyclic N) is 1. The first-order valence-corrected chi connectivity index (χ1v) is 8.46. The Morgan fingerprint density at radius 1 is 1.40 bits per heavy atom. The molecule has 0 bridgehead atoms. The van der Waals surface area contributed by atoms with Gasteiger partial charge in [0.05, 0.1) is 18.3 Å². The highest BCUT2D eigenvalue weighted by Gasteiger charge is 2.34. The van der Waals surface area contributed by atoms with E-state index in [4.69, 9.17) is 4.52 Å². The molecule has 1 saturated heterocycles. The summed E-state index contributed by atoms with van der Waals surface area (Å²) in [7, 11) is 1.92. The van der Waals surface area contributed by atoms with E-state index in [1.807, 2.05) is 37.1 Å². The molecule has 25 heavy (non-hydrogen) atoms. The topological polar surface area (TPSA) is 82.7 Å². The second-order valence-corrected chi connectivity index (χ2v) is 6.79. The fourth-order valence-corrected chi connectivity index (χ4v) is 3.22. The highest BCUT2D eigenvalue weighted by molar-refractivity contribution is 5.78. The highest BCUT2D eigenvalue weighted by Crippen LogP contribution is 2.22. The molecule has 1 fully saturated rings. The minimum Gasteiger partial charge on any atom is -0.391 e. The zero-order valence-corrected chi connectivity index (χ0v) is 14.6. The Hall–Kier alpha value is -2.25. The molecule has 0 radical (unpaired) electrons. The van der Waals surface area contributed by atoms with Gasteiger partial charge in [0, 0.05) is 50.4 Å². The van der Waals surface area contributed by atoms with Crippen molar-refractivity contribution in [3.05, 3.63) is 47.6 Å². The number of hydrogen-bond acceptors (Lipinski definition) is 6. The van der Waals surface area contributed by atoms with Gasteiger partial charge in [-0.2, -0.15) is 0 Å². The number of aliphatic hydroxyl groups excluding tert-OH is 1. The monoisotopic (exact) mass is 344 g/mol. The van der Waals surface area contributed by atoms with Gasteiger partial charge in [0.1, 0.15) is 5.76 Å². The molecule has 1 N–H and O–H groups in total. The number of rotatable bonds is 6. The van der Waals surface area contributed by atoms with E-state index in [1.165, 1.54) is 0 Å². The van der Waals surface area contributed by atoms with E-state index in [0.29, 0.717) is 32.6 Å². The van der Waals surface area contributed by atoms with Gasteiger partial charge in [0.25, 0.3) is 0 Å². The average Bonchev–Trinajstić information content (AvgIpc) is 3.15. The summed E-state index contributed by atoms with van der Waals surface area (Å²) in [4.78, 5) is 20.2. The summed E-state index contributed by atoms with van der Waals surface area (Å²) in [5.41, 5.74) is 1.94. The fourth-order valence-electron chi connectivity index (χ4n) is 3.22. The summed E-state index contributed by atoms with van der Waals surface area (Å²) in [5, 5.41) is 14.1. The lowest BCUT2D eigenvalue weighted by Crippen LogP contribution is -2.38. The number of aliphatic hydroxyl groups is 1. The van der Waals surface area contributed by atoms with Gasteiger partial charge in [-0.25, -0.2) is 0 Å². The van der Waals surface area contributed by atoms with Crippen LogP contribution in [0.4, 0.5) is 0 Å². The number of carbonyl (C=O) groups is 1. The maximum atomic E-state index is 12.5. The number of likely N-dealkylation sites (N-methyl/N-ethyl adjacent to an activating group) is 1. The third-order valence-corrected chi connectivity index (χ3v) is 4.51. The minimum absolute atomic E-state index is 0.0122. The number of nitrogens with zero attached hydrogens (tertiary/aromatic N) is 4. The van der Waals surface area contributed by atoms with Crippen molar-refractivity contribution >= 4 is 5.91 Å². The molecular formula is C18H24N4O3. The molecule has 3 heterocycles. The minimum atomic E-state index is -0.528. The molecule has 0 aliphatic carbocycles. The van der Waals surface area contributed by atoms with Gasteiger partial charge < -0.3 is 14.5 Å². The molecule has 1 aliphatic heterocycles. The molecule has 7 heteroatoms. The smallest absolute Gasteiger partial charge is 0.236 e. The number of carbonyl (C=O) groups excluding carboxylic acids is 1. The zero-order valence-electron chi connectivity index (χ0n) is 14.6. The van der Waals surface area contributed by atoms with Gasteiger partial charge in [0.2, 0.25) is 5.91 Å². The van der Waals surface area contributed by atoms with Crippen LogP contribution >= 0.6 is 0 Å². The molecule has 0 saturated carbocycles. The fraction of sp³-hybridized carbons (Fsp3) is 0.500. The second-order valence-electron chi connectivity index (χ2n) is 6.79. The zero-order chi connectivity index (χ0) is 17.8. The Bertz CT molecular complexity index is 703. The van der Waals surface area contributed by atoms with Crippen molar-refractivity contribution in [2.45, 2.75) is 26.0 Å². The van der Waals surface area contributed by atoms with E-state index < -0.39 is 6.10 Å². The van der Waals surface area contributed by atoms with Gasteiger partial charge >= 0.3 is 0 Å². The van der Waals surface area contributed by atoms with Crippen LogP contribution < -0.4 is 0 Å². The third kappa shape index (κ3) is 4.64. The number of pyridine rings is 1. The van der Waals surface area contributed by atoms with Crippen molar-refractivity contribution in [2.24, 2.45) is 5.92 Å². The number of likely N-dealkylation sites (tertiary alicyclic amines) is 1. The molecule has 1 aliphatic rings. The largest absolute Gasteiger partial charge is 0.391 e. The lowest BCUT2D eigenvalue weighted by molar-refractivity contribution is -0.131. The molecular weight excluding hydrogens is 320 g/mol. The first-order valence-electron chi connectivity index (χ1n) is 8.46. The van der Waals surface area contributed by atoms with Gasteiger partial charge in [-0.15, -0.1) is 0 Å². The molecule has 2 aromatic rings. The van der Waals surface area contributed by atoms with Crippen LogP contribution in [0, 0.1) is 12.8 Å². The third-order valence-electron chi connectivity index (χ3n) is 4.51. The summed E-state index contributed by atoms with van der Waals surface area (Å²) in [5.74, 6) is 0.777. The Balaban J connectivity index is 1.51. The number of aromatic nitrogens is 2.